The van der Waals surface area contributed by atoms with E-state index in [9.17, 15) is 21.6 Å². The minimum absolute atomic E-state index is 0.0696. The molecular formula is C11H15F3N2O2S. The second-order valence-corrected chi connectivity index (χ2v) is 5.92. The largest absolute Gasteiger partial charge is 0.416 e. The third kappa shape index (κ3) is 4.81. The van der Waals surface area contributed by atoms with Gasteiger partial charge in [0, 0.05) is 12.6 Å². The maximum absolute atomic E-state index is 12.7. The lowest BCUT2D eigenvalue weighted by molar-refractivity contribution is -0.138. The van der Waals surface area contributed by atoms with Crippen LogP contribution in [0.5, 0.6) is 0 Å². The smallest absolute Gasteiger partial charge is 0.329 e. The third-order valence-electron chi connectivity index (χ3n) is 2.40. The van der Waals surface area contributed by atoms with Crippen molar-refractivity contribution >= 4 is 10.0 Å². The number of alkyl halides is 3. The summed E-state index contributed by atoms with van der Waals surface area (Å²) in [6, 6.07) is 4.07. The summed E-state index contributed by atoms with van der Waals surface area (Å²) < 4.78 is 63.8. The van der Waals surface area contributed by atoms with Gasteiger partial charge in [-0.25, -0.2) is 13.1 Å². The molecule has 0 heterocycles. The number of hydrogen-bond donors (Lipinski definition) is 2. The Morgan fingerprint density at radius 2 is 1.89 bits per heavy atom. The highest BCUT2D eigenvalue weighted by atomic mass is 32.2. The molecule has 0 spiro atoms. The van der Waals surface area contributed by atoms with Crippen LogP contribution in [0.4, 0.5) is 13.2 Å². The molecule has 1 aromatic rings. The first-order valence-electron chi connectivity index (χ1n) is 5.51. The Kier molecular flexibility index (Phi) is 4.94. The van der Waals surface area contributed by atoms with Crippen molar-refractivity contribution in [3.05, 3.63) is 35.4 Å². The van der Waals surface area contributed by atoms with Gasteiger partial charge in [0.05, 0.1) is 11.3 Å². The van der Waals surface area contributed by atoms with Crippen molar-refractivity contribution in [1.82, 2.24) is 4.72 Å². The lowest BCUT2D eigenvalue weighted by Gasteiger charge is -2.15. The molecule has 0 aliphatic carbocycles. The quantitative estimate of drug-likeness (QED) is 0.864. The lowest BCUT2D eigenvalue weighted by atomic mass is 10.1. The van der Waals surface area contributed by atoms with Crippen LogP contribution in [0.2, 0.25) is 0 Å². The molecule has 3 N–H and O–H groups in total. The molecule has 0 saturated heterocycles. The van der Waals surface area contributed by atoms with E-state index < -0.39 is 33.6 Å². The summed E-state index contributed by atoms with van der Waals surface area (Å²) in [5, 5.41) is 0. The van der Waals surface area contributed by atoms with Gasteiger partial charge >= 0.3 is 6.18 Å². The SMILES string of the molecule is C[C@H](CN)NS(=O)(=O)Cc1ccccc1C(F)(F)F. The van der Waals surface area contributed by atoms with E-state index in [4.69, 9.17) is 5.73 Å². The van der Waals surface area contributed by atoms with E-state index in [-0.39, 0.29) is 12.1 Å². The van der Waals surface area contributed by atoms with Crippen molar-refractivity contribution in [2.45, 2.75) is 24.9 Å². The maximum atomic E-state index is 12.7. The summed E-state index contributed by atoms with van der Waals surface area (Å²) in [7, 11) is -3.86. The molecule has 0 radical (unpaired) electrons. The number of nitrogens with two attached hydrogens (primary N) is 1. The predicted molar refractivity (Wildman–Crippen MR) is 65.7 cm³/mol. The molecule has 0 bridgehead atoms. The molecule has 8 heteroatoms. The van der Waals surface area contributed by atoms with Gasteiger partial charge in [0.15, 0.2) is 0 Å². The summed E-state index contributed by atoms with van der Waals surface area (Å²) in [5.41, 5.74) is 4.04. The van der Waals surface area contributed by atoms with Crippen LogP contribution in [0.3, 0.4) is 0 Å². The zero-order valence-corrected chi connectivity index (χ0v) is 11.1. The minimum atomic E-state index is -4.58. The molecule has 0 unspecified atom stereocenters. The van der Waals surface area contributed by atoms with Gasteiger partial charge in [0.1, 0.15) is 0 Å². The minimum Gasteiger partial charge on any atom is -0.329 e. The van der Waals surface area contributed by atoms with Crippen LogP contribution in [0.25, 0.3) is 0 Å². The molecule has 4 nitrogen and oxygen atoms in total. The molecule has 0 aliphatic rings. The number of hydrogen-bond acceptors (Lipinski definition) is 3. The van der Waals surface area contributed by atoms with E-state index in [0.717, 1.165) is 12.1 Å². The molecule has 0 aromatic heterocycles. The average Bonchev–Trinajstić information content (AvgIpc) is 2.26. The van der Waals surface area contributed by atoms with Crippen molar-refractivity contribution < 1.29 is 21.6 Å². The number of benzene rings is 1. The number of nitrogens with one attached hydrogen (secondary N) is 1. The summed E-state index contributed by atoms with van der Waals surface area (Å²) in [6.07, 6.45) is -4.58. The van der Waals surface area contributed by atoms with Crippen LogP contribution in [0.15, 0.2) is 24.3 Å². The summed E-state index contributed by atoms with van der Waals surface area (Å²) in [4.78, 5) is 0. The van der Waals surface area contributed by atoms with Crippen LogP contribution < -0.4 is 10.5 Å². The van der Waals surface area contributed by atoms with Gasteiger partial charge in [0.25, 0.3) is 0 Å². The van der Waals surface area contributed by atoms with Gasteiger partial charge in [-0.05, 0) is 18.6 Å². The summed E-state index contributed by atoms with van der Waals surface area (Å²) in [6.45, 7) is 1.60. The van der Waals surface area contributed by atoms with Crippen LogP contribution in [0.1, 0.15) is 18.1 Å². The fourth-order valence-corrected chi connectivity index (χ4v) is 2.98. The molecule has 0 amide bonds. The van der Waals surface area contributed by atoms with Gasteiger partial charge < -0.3 is 5.73 Å². The summed E-state index contributed by atoms with van der Waals surface area (Å²) >= 11 is 0. The monoisotopic (exact) mass is 296 g/mol. The molecule has 1 rings (SSSR count). The Bertz CT molecular complexity index is 529. The van der Waals surface area contributed by atoms with Gasteiger partial charge in [0.2, 0.25) is 10.0 Å². The van der Waals surface area contributed by atoms with Crippen molar-refractivity contribution in [2.75, 3.05) is 6.54 Å². The van der Waals surface area contributed by atoms with Gasteiger partial charge in [-0.15, -0.1) is 0 Å². The van der Waals surface area contributed by atoms with E-state index in [2.05, 4.69) is 4.72 Å². The highest BCUT2D eigenvalue weighted by Crippen LogP contribution is 2.32. The number of halogens is 3. The zero-order valence-electron chi connectivity index (χ0n) is 10.2. The second kappa shape index (κ2) is 5.89. The molecular weight excluding hydrogens is 281 g/mol. The molecule has 108 valence electrons. The fraction of sp³-hybridized carbons (Fsp3) is 0.455. The Morgan fingerprint density at radius 1 is 1.32 bits per heavy atom. The highest BCUT2D eigenvalue weighted by Gasteiger charge is 2.34. The molecule has 0 fully saturated rings. The average molecular weight is 296 g/mol. The Morgan fingerprint density at radius 3 is 2.42 bits per heavy atom. The molecule has 1 aromatic carbocycles. The van der Waals surface area contributed by atoms with Gasteiger partial charge in [-0.3, -0.25) is 0 Å². The Labute approximate surface area is 109 Å². The van der Waals surface area contributed by atoms with E-state index in [1.807, 2.05) is 0 Å². The predicted octanol–water partition coefficient (Wildman–Crippen LogP) is 1.47. The van der Waals surface area contributed by atoms with Gasteiger partial charge in [-0.2, -0.15) is 13.2 Å². The van der Waals surface area contributed by atoms with Gasteiger partial charge in [-0.1, -0.05) is 18.2 Å². The fourth-order valence-electron chi connectivity index (χ4n) is 1.52. The van der Waals surface area contributed by atoms with E-state index in [1.165, 1.54) is 19.1 Å². The standard InChI is InChI=1S/C11H15F3N2O2S/c1-8(6-15)16-19(17,18)7-9-4-2-3-5-10(9)11(12,13)14/h2-5,8,16H,6-7,15H2,1H3/t8-/m1/s1. The van der Waals surface area contributed by atoms with Crippen LogP contribution in [-0.4, -0.2) is 21.0 Å². The van der Waals surface area contributed by atoms with E-state index >= 15 is 0 Å². The van der Waals surface area contributed by atoms with E-state index in [1.54, 1.807) is 0 Å². The first-order valence-corrected chi connectivity index (χ1v) is 7.16. The zero-order chi connectivity index (χ0) is 14.7. The Balaban J connectivity index is 3.00. The van der Waals surface area contributed by atoms with Crippen LogP contribution >= 0.6 is 0 Å². The maximum Gasteiger partial charge on any atom is 0.416 e. The van der Waals surface area contributed by atoms with Crippen LogP contribution in [-0.2, 0) is 22.0 Å². The van der Waals surface area contributed by atoms with Crippen LogP contribution in [0, 0.1) is 0 Å². The molecule has 1 atom stereocenters. The lowest BCUT2D eigenvalue weighted by Crippen LogP contribution is -2.38. The number of rotatable bonds is 5. The molecule has 0 saturated carbocycles. The third-order valence-corrected chi connectivity index (χ3v) is 3.86. The Hall–Kier alpha value is -1.12. The van der Waals surface area contributed by atoms with E-state index in [0.29, 0.717) is 0 Å². The second-order valence-electron chi connectivity index (χ2n) is 4.17. The molecule has 19 heavy (non-hydrogen) atoms. The number of sulfonamides is 1. The topological polar surface area (TPSA) is 72.2 Å². The normalized spacial score (nSPS) is 14.4. The molecule has 0 aliphatic heterocycles. The van der Waals surface area contributed by atoms with Crippen molar-refractivity contribution in [3.8, 4) is 0 Å². The van der Waals surface area contributed by atoms with Crippen molar-refractivity contribution in [1.29, 1.82) is 0 Å². The van der Waals surface area contributed by atoms with Crippen molar-refractivity contribution in [3.63, 3.8) is 0 Å². The van der Waals surface area contributed by atoms with Crippen molar-refractivity contribution in [2.24, 2.45) is 5.73 Å². The highest BCUT2D eigenvalue weighted by molar-refractivity contribution is 7.88. The first kappa shape index (κ1) is 15.9. The summed E-state index contributed by atoms with van der Waals surface area (Å²) in [5.74, 6) is -0.729. The first-order chi connectivity index (χ1) is 8.65.